The number of carbonyl (C=O) groups is 2. The minimum atomic E-state index is -0.873. The molecule has 184 valence electrons. The molecule has 0 saturated carbocycles. The first-order valence-corrected chi connectivity index (χ1v) is 11.6. The first-order valence-electron chi connectivity index (χ1n) is 11.6. The number of fused-ring (bicyclic) bond motifs is 1. The van der Waals surface area contributed by atoms with Crippen LogP contribution < -0.4 is 14.2 Å². The number of nitrogens with zero attached hydrogens (tertiary/aromatic N) is 2. The van der Waals surface area contributed by atoms with Gasteiger partial charge in [-0.1, -0.05) is 0 Å². The first kappa shape index (κ1) is 23.4. The zero-order valence-electron chi connectivity index (χ0n) is 20.2. The van der Waals surface area contributed by atoms with E-state index in [1.165, 1.54) is 12.0 Å². The van der Waals surface area contributed by atoms with Crippen LogP contribution in [0.5, 0.6) is 17.2 Å². The van der Waals surface area contributed by atoms with Crippen molar-refractivity contribution >= 4 is 17.4 Å². The third kappa shape index (κ3) is 4.04. The number of ether oxygens (including phenoxy) is 3. The molecule has 0 radical (unpaired) electrons. The van der Waals surface area contributed by atoms with E-state index in [1.807, 2.05) is 13.0 Å². The van der Waals surface area contributed by atoms with Gasteiger partial charge in [-0.15, -0.1) is 0 Å². The Morgan fingerprint density at radius 1 is 1.08 bits per heavy atom. The molecule has 0 aliphatic carbocycles. The number of amides is 1. The number of pyridine rings is 1. The molecular formula is C28H26N2O6. The summed E-state index contributed by atoms with van der Waals surface area (Å²) in [5.41, 5.74) is 2.76. The highest BCUT2D eigenvalue weighted by molar-refractivity contribution is 6.46. The molecule has 3 heterocycles. The van der Waals surface area contributed by atoms with Gasteiger partial charge in [-0.05, 0) is 60.5 Å². The van der Waals surface area contributed by atoms with Crippen LogP contribution in [0.3, 0.4) is 0 Å². The number of carbonyl (C=O) groups excluding carboxylic acids is 2. The second-order valence-corrected chi connectivity index (χ2v) is 8.85. The molecule has 8 nitrogen and oxygen atoms in total. The minimum Gasteiger partial charge on any atom is -0.507 e. The summed E-state index contributed by atoms with van der Waals surface area (Å²) in [6.07, 6.45) is 3.99. The van der Waals surface area contributed by atoms with Gasteiger partial charge >= 0.3 is 0 Å². The number of methoxy groups -OCH3 is 2. The molecule has 1 amide bonds. The maximum atomic E-state index is 13.4. The third-order valence-corrected chi connectivity index (χ3v) is 6.55. The second kappa shape index (κ2) is 9.37. The summed E-state index contributed by atoms with van der Waals surface area (Å²) in [5.74, 6) is 0.0581. The second-order valence-electron chi connectivity index (χ2n) is 8.85. The third-order valence-electron chi connectivity index (χ3n) is 6.55. The summed E-state index contributed by atoms with van der Waals surface area (Å²) in [5, 5.41) is 11.4. The van der Waals surface area contributed by atoms with Gasteiger partial charge in [-0.3, -0.25) is 14.6 Å². The van der Waals surface area contributed by atoms with Crippen molar-refractivity contribution in [1.82, 2.24) is 9.88 Å². The molecule has 0 spiro atoms. The molecule has 5 rings (SSSR count). The molecule has 2 aromatic carbocycles. The molecule has 2 aliphatic heterocycles. The van der Waals surface area contributed by atoms with Crippen LogP contribution in [0.15, 0.2) is 66.5 Å². The fourth-order valence-corrected chi connectivity index (χ4v) is 4.82. The highest BCUT2D eigenvalue weighted by Gasteiger charge is 2.47. The standard InChI is InChI=1S/C28H26N2O6/c1-16-12-19-13-18(4-7-22(19)36-16)26(31)24-25(21-6-5-20(34-2)14-23(21)35-3)30(28(33)27(24)32)15-17-8-10-29-11-9-17/h4-11,13-14,16,25,31H,12,15H2,1-3H3/t16-,25+/m1/s1. The van der Waals surface area contributed by atoms with E-state index in [2.05, 4.69) is 4.98 Å². The van der Waals surface area contributed by atoms with Crippen LogP contribution in [0.4, 0.5) is 0 Å². The Labute approximate surface area is 208 Å². The summed E-state index contributed by atoms with van der Waals surface area (Å²) >= 11 is 0. The lowest BCUT2D eigenvalue weighted by Crippen LogP contribution is -2.29. The van der Waals surface area contributed by atoms with Crippen molar-refractivity contribution in [2.24, 2.45) is 0 Å². The number of ketones is 1. The van der Waals surface area contributed by atoms with Gasteiger partial charge in [0.25, 0.3) is 11.7 Å². The van der Waals surface area contributed by atoms with E-state index in [0.29, 0.717) is 29.0 Å². The highest BCUT2D eigenvalue weighted by Crippen LogP contribution is 2.44. The van der Waals surface area contributed by atoms with E-state index >= 15 is 0 Å². The van der Waals surface area contributed by atoms with Crippen LogP contribution in [-0.4, -0.2) is 47.0 Å². The van der Waals surface area contributed by atoms with Crippen LogP contribution in [-0.2, 0) is 22.6 Å². The van der Waals surface area contributed by atoms with Crippen LogP contribution >= 0.6 is 0 Å². The molecule has 1 fully saturated rings. The zero-order valence-corrected chi connectivity index (χ0v) is 20.2. The summed E-state index contributed by atoms with van der Waals surface area (Å²) in [7, 11) is 3.05. The van der Waals surface area contributed by atoms with Gasteiger partial charge in [0, 0.05) is 42.6 Å². The lowest BCUT2D eigenvalue weighted by molar-refractivity contribution is -0.140. The van der Waals surface area contributed by atoms with Gasteiger partial charge in [0.1, 0.15) is 29.1 Å². The van der Waals surface area contributed by atoms with Crippen LogP contribution in [0.25, 0.3) is 5.76 Å². The Bertz CT molecular complexity index is 1370. The van der Waals surface area contributed by atoms with Gasteiger partial charge in [0.2, 0.25) is 0 Å². The molecular weight excluding hydrogens is 460 g/mol. The van der Waals surface area contributed by atoms with Crippen LogP contribution in [0.1, 0.15) is 35.2 Å². The van der Waals surface area contributed by atoms with Crippen molar-refractivity contribution in [3.63, 3.8) is 0 Å². The average Bonchev–Trinajstić information content (AvgIpc) is 3.39. The lowest BCUT2D eigenvalue weighted by atomic mass is 9.93. The summed E-state index contributed by atoms with van der Waals surface area (Å²) in [6, 6.07) is 13.2. The van der Waals surface area contributed by atoms with Crippen molar-refractivity contribution < 1.29 is 28.9 Å². The van der Waals surface area contributed by atoms with Crippen LogP contribution in [0.2, 0.25) is 0 Å². The number of Topliss-reactive ketones (excluding diaryl/α,β-unsaturated/α-hetero) is 1. The predicted octanol–water partition coefficient (Wildman–Crippen LogP) is 4.04. The largest absolute Gasteiger partial charge is 0.507 e. The maximum absolute atomic E-state index is 13.4. The van der Waals surface area contributed by atoms with Crippen molar-refractivity contribution in [3.8, 4) is 17.2 Å². The van der Waals surface area contributed by atoms with E-state index in [-0.39, 0.29) is 24.0 Å². The number of benzene rings is 2. The Morgan fingerprint density at radius 3 is 2.58 bits per heavy atom. The van der Waals surface area contributed by atoms with Gasteiger partial charge in [0.15, 0.2) is 0 Å². The van der Waals surface area contributed by atoms with E-state index in [1.54, 1.807) is 62.0 Å². The van der Waals surface area contributed by atoms with Crippen molar-refractivity contribution in [2.75, 3.05) is 14.2 Å². The van der Waals surface area contributed by atoms with Crippen molar-refractivity contribution in [2.45, 2.75) is 32.0 Å². The molecule has 36 heavy (non-hydrogen) atoms. The van der Waals surface area contributed by atoms with E-state index in [0.717, 1.165) is 16.9 Å². The number of likely N-dealkylation sites (tertiary alicyclic amines) is 1. The first-order chi connectivity index (χ1) is 17.4. The van der Waals surface area contributed by atoms with Gasteiger partial charge in [-0.25, -0.2) is 0 Å². The molecule has 2 aliphatic rings. The smallest absolute Gasteiger partial charge is 0.295 e. The highest BCUT2D eigenvalue weighted by atomic mass is 16.5. The molecule has 8 heteroatoms. The summed E-state index contributed by atoms with van der Waals surface area (Å²) in [4.78, 5) is 32.2. The zero-order chi connectivity index (χ0) is 25.4. The Morgan fingerprint density at radius 2 is 1.86 bits per heavy atom. The van der Waals surface area contributed by atoms with E-state index < -0.39 is 17.7 Å². The maximum Gasteiger partial charge on any atom is 0.295 e. The molecule has 0 bridgehead atoms. The molecule has 0 unspecified atom stereocenters. The topological polar surface area (TPSA) is 98.2 Å². The summed E-state index contributed by atoms with van der Waals surface area (Å²) in [6.45, 7) is 2.12. The number of aromatic nitrogens is 1. The number of hydrogen-bond donors (Lipinski definition) is 1. The molecule has 1 aromatic heterocycles. The normalized spacial score (nSPS) is 20.2. The molecule has 1 saturated heterocycles. The van der Waals surface area contributed by atoms with E-state index in [4.69, 9.17) is 14.2 Å². The number of aliphatic hydroxyl groups is 1. The van der Waals surface area contributed by atoms with Gasteiger partial charge < -0.3 is 24.2 Å². The van der Waals surface area contributed by atoms with Crippen molar-refractivity contribution in [3.05, 3.63) is 88.8 Å². The molecule has 2 atom stereocenters. The van der Waals surface area contributed by atoms with Gasteiger partial charge in [0.05, 0.1) is 25.8 Å². The minimum absolute atomic E-state index is 0.00411. The molecule has 3 aromatic rings. The number of rotatable bonds is 6. The fourth-order valence-electron chi connectivity index (χ4n) is 4.82. The SMILES string of the molecule is COc1ccc([C@H]2C(=C(O)c3ccc4c(c3)C[C@@H](C)O4)C(=O)C(=O)N2Cc2ccncc2)c(OC)c1. The number of aliphatic hydroxyl groups excluding tert-OH is 1. The lowest BCUT2D eigenvalue weighted by Gasteiger charge is -2.27. The Balaban J connectivity index is 1.67. The quantitative estimate of drug-likeness (QED) is 0.319. The van der Waals surface area contributed by atoms with Crippen LogP contribution in [0, 0.1) is 0 Å². The fraction of sp³-hybridized carbons (Fsp3) is 0.250. The van der Waals surface area contributed by atoms with E-state index in [9.17, 15) is 14.7 Å². The summed E-state index contributed by atoms with van der Waals surface area (Å²) < 4.78 is 16.7. The average molecular weight is 487 g/mol. The Hall–Kier alpha value is -4.33. The Kier molecular flexibility index (Phi) is 6.10. The van der Waals surface area contributed by atoms with Crippen molar-refractivity contribution in [1.29, 1.82) is 0 Å². The monoisotopic (exact) mass is 486 g/mol. The molecule has 1 N–H and O–H groups in total. The number of hydrogen-bond acceptors (Lipinski definition) is 7. The van der Waals surface area contributed by atoms with Gasteiger partial charge in [-0.2, -0.15) is 0 Å². The predicted molar refractivity (Wildman–Crippen MR) is 132 cm³/mol.